The number of Topliss-reactive ketones (excluding diaryl/α,β-unsaturated/α-hetero) is 2. The molecular formula is C15H13ClN2O5. The predicted octanol–water partition coefficient (Wildman–Crippen LogP) is 0.824. The lowest BCUT2D eigenvalue weighted by Gasteiger charge is -2.22. The van der Waals surface area contributed by atoms with Crippen LogP contribution in [0.2, 0.25) is 0 Å². The number of benzene rings is 1. The van der Waals surface area contributed by atoms with Crippen LogP contribution in [0.15, 0.2) is 35.0 Å². The molecule has 0 saturated carbocycles. The molecule has 23 heavy (non-hydrogen) atoms. The van der Waals surface area contributed by atoms with Crippen molar-refractivity contribution in [1.29, 1.82) is 0 Å². The Labute approximate surface area is 136 Å². The minimum absolute atomic E-state index is 0.137. The maximum atomic E-state index is 12.4. The number of nitrogens with one attached hydrogen (secondary N) is 1. The van der Waals surface area contributed by atoms with E-state index in [0.29, 0.717) is 0 Å². The van der Waals surface area contributed by atoms with Crippen LogP contribution < -0.4 is 11.1 Å². The van der Waals surface area contributed by atoms with Gasteiger partial charge in [-0.1, -0.05) is 35.9 Å². The number of aliphatic carboxylic acids is 1. The topological polar surface area (TPSA) is 127 Å². The molecule has 7 nitrogen and oxygen atoms in total. The summed E-state index contributed by atoms with van der Waals surface area (Å²) < 4.78 is 0. The first-order valence-corrected chi connectivity index (χ1v) is 7.06. The fraction of sp³-hybridized carbons (Fsp3) is 0.200. The molecule has 8 heteroatoms. The van der Waals surface area contributed by atoms with E-state index in [4.69, 9.17) is 17.3 Å². The van der Waals surface area contributed by atoms with Crippen molar-refractivity contribution in [2.75, 3.05) is 0 Å². The molecule has 0 heterocycles. The quantitative estimate of drug-likeness (QED) is 0.706. The minimum atomic E-state index is -1.29. The third-order valence-electron chi connectivity index (χ3n) is 3.36. The zero-order valence-corrected chi connectivity index (χ0v) is 12.6. The number of carboxylic acid groups (broad SMARTS) is 1. The van der Waals surface area contributed by atoms with Gasteiger partial charge in [-0.15, -0.1) is 0 Å². The van der Waals surface area contributed by atoms with Gasteiger partial charge in [0.15, 0.2) is 0 Å². The molecular weight excluding hydrogens is 324 g/mol. The lowest BCUT2D eigenvalue weighted by molar-refractivity contribution is -0.139. The molecule has 0 aromatic heterocycles. The van der Waals surface area contributed by atoms with Crippen LogP contribution >= 0.6 is 11.6 Å². The van der Waals surface area contributed by atoms with Gasteiger partial charge in [0.2, 0.25) is 17.5 Å². The lowest BCUT2D eigenvalue weighted by atomic mass is 9.92. The largest absolute Gasteiger partial charge is 0.480 e. The summed E-state index contributed by atoms with van der Waals surface area (Å²) in [7, 11) is 0. The molecule has 0 radical (unpaired) electrons. The van der Waals surface area contributed by atoms with Gasteiger partial charge in [0.05, 0.1) is 0 Å². The predicted molar refractivity (Wildman–Crippen MR) is 81.0 cm³/mol. The van der Waals surface area contributed by atoms with E-state index < -0.39 is 29.5 Å². The Morgan fingerprint density at radius 3 is 2.26 bits per heavy atom. The third kappa shape index (κ3) is 3.40. The van der Waals surface area contributed by atoms with E-state index in [-0.39, 0.29) is 34.7 Å². The fourth-order valence-electron chi connectivity index (χ4n) is 2.19. The number of rotatable bonds is 6. The summed E-state index contributed by atoms with van der Waals surface area (Å²) in [6, 6.07) is 4.84. The zero-order valence-electron chi connectivity index (χ0n) is 11.8. The number of hydrogen-bond donors (Lipinski definition) is 3. The fourth-order valence-corrected chi connectivity index (χ4v) is 2.43. The molecule has 1 atom stereocenters. The molecule has 0 spiro atoms. The van der Waals surface area contributed by atoms with Crippen LogP contribution in [0.3, 0.4) is 0 Å². The standard InChI is InChI=1S/C15H13ClN2O5/c16-11-12(18-9(15(22)23)5-6-10(17)19)14(21)8-4-2-1-3-7(8)13(11)20/h1-4,9,18H,5-6H2,(H2,17,19)(H,22,23)/t9-/m1/s1. The average Bonchev–Trinajstić information content (AvgIpc) is 2.51. The molecule has 0 aliphatic heterocycles. The first kappa shape index (κ1) is 16.7. The van der Waals surface area contributed by atoms with E-state index in [0.717, 1.165) is 0 Å². The Bertz CT molecular complexity index is 741. The van der Waals surface area contributed by atoms with Gasteiger partial charge in [0.1, 0.15) is 16.8 Å². The van der Waals surface area contributed by atoms with Gasteiger partial charge in [-0.05, 0) is 6.42 Å². The lowest BCUT2D eigenvalue weighted by Crippen LogP contribution is -2.41. The van der Waals surface area contributed by atoms with E-state index >= 15 is 0 Å². The first-order valence-electron chi connectivity index (χ1n) is 6.68. The van der Waals surface area contributed by atoms with Gasteiger partial charge in [0.25, 0.3) is 0 Å². The zero-order chi connectivity index (χ0) is 17.1. The maximum Gasteiger partial charge on any atom is 0.326 e. The molecule has 0 unspecified atom stereocenters. The number of hydrogen-bond acceptors (Lipinski definition) is 5. The number of carbonyl (C=O) groups excluding carboxylic acids is 3. The molecule has 120 valence electrons. The Balaban J connectivity index is 2.32. The second-order valence-corrected chi connectivity index (χ2v) is 5.31. The van der Waals surface area contributed by atoms with Crippen molar-refractivity contribution in [1.82, 2.24) is 5.32 Å². The number of ketones is 2. The number of carboxylic acids is 1. The van der Waals surface area contributed by atoms with Gasteiger partial charge in [-0.2, -0.15) is 0 Å². The Hall–Kier alpha value is -2.67. The second kappa shape index (κ2) is 6.62. The molecule has 4 N–H and O–H groups in total. The molecule has 0 bridgehead atoms. The third-order valence-corrected chi connectivity index (χ3v) is 3.72. The molecule has 1 aromatic carbocycles. The number of fused-ring (bicyclic) bond motifs is 1. The molecule has 0 fully saturated rings. The van der Waals surface area contributed by atoms with Crippen LogP contribution in [0.4, 0.5) is 0 Å². The number of allylic oxidation sites excluding steroid dienone is 2. The number of amides is 1. The normalized spacial score (nSPS) is 15.2. The highest BCUT2D eigenvalue weighted by molar-refractivity contribution is 6.49. The SMILES string of the molecule is NC(=O)CC[C@@H](NC1=C(Cl)C(=O)c2ccccc2C1=O)C(=O)O. The molecule has 1 aliphatic carbocycles. The summed E-state index contributed by atoms with van der Waals surface area (Å²) in [5.74, 6) is -3.10. The number of nitrogens with two attached hydrogens (primary N) is 1. The monoisotopic (exact) mass is 336 g/mol. The van der Waals surface area contributed by atoms with Gasteiger partial charge in [0, 0.05) is 17.5 Å². The Morgan fingerprint density at radius 1 is 1.17 bits per heavy atom. The van der Waals surface area contributed by atoms with E-state index in [1.807, 2.05) is 0 Å². The second-order valence-electron chi connectivity index (χ2n) is 4.93. The molecule has 1 amide bonds. The molecule has 2 rings (SSSR count). The molecule has 1 aromatic rings. The van der Waals surface area contributed by atoms with Crippen LogP contribution in [0.5, 0.6) is 0 Å². The highest BCUT2D eigenvalue weighted by atomic mass is 35.5. The summed E-state index contributed by atoms with van der Waals surface area (Å²) >= 11 is 5.93. The van der Waals surface area contributed by atoms with Crippen LogP contribution in [0.1, 0.15) is 33.6 Å². The first-order chi connectivity index (χ1) is 10.8. The number of carbonyl (C=O) groups is 4. The maximum absolute atomic E-state index is 12.4. The van der Waals surface area contributed by atoms with Crippen LogP contribution in [-0.2, 0) is 9.59 Å². The average molecular weight is 337 g/mol. The Morgan fingerprint density at radius 2 is 1.74 bits per heavy atom. The van der Waals surface area contributed by atoms with Crippen molar-refractivity contribution in [3.8, 4) is 0 Å². The summed E-state index contributed by atoms with van der Waals surface area (Å²) in [6.45, 7) is 0. The van der Waals surface area contributed by atoms with Crippen LogP contribution in [-0.4, -0.2) is 34.6 Å². The number of primary amides is 1. The summed E-state index contributed by atoms with van der Waals surface area (Å²) in [6.07, 6.45) is -0.324. The van der Waals surface area contributed by atoms with Gasteiger partial charge in [-0.25, -0.2) is 4.79 Å². The van der Waals surface area contributed by atoms with Crippen LogP contribution in [0.25, 0.3) is 0 Å². The van der Waals surface area contributed by atoms with Crippen molar-refractivity contribution in [2.24, 2.45) is 5.73 Å². The van der Waals surface area contributed by atoms with Crippen molar-refractivity contribution < 1.29 is 24.3 Å². The smallest absolute Gasteiger partial charge is 0.326 e. The minimum Gasteiger partial charge on any atom is -0.480 e. The van der Waals surface area contributed by atoms with Crippen molar-refractivity contribution in [3.05, 3.63) is 46.1 Å². The van der Waals surface area contributed by atoms with Gasteiger partial charge >= 0.3 is 5.97 Å². The summed E-state index contributed by atoms with van der Waals surface area (Å²) in [4.78, 5) is 46.7. The highest BCUT2D eigenvalue weighted by Gasteiger charge is 2.33. The van der Waals surface area contributed by atoms with E-state index in [2.05, 4.69) is 5.32 Å². The van der Waals surface area contributed by atoms with Crippen molar-refractivity contribution in [2.45, 2.75) is 18.9 Å². The highest BCUT2D eigenvalue weighted by Crippen LogP contribution is 2.27. The summed E-state index contributed by atoms with van der Waals surface area (Å²) in [5.41, 5.74) is 5.02. The van der Waals surface area contributed by atoms with Crippen molar-refractivity contribution >= 4 is 35.0 Å². The van der Waals surface area contributed by atoms with Crippen LogP contribution in [0, 0.1) is 0 Å². The molecule has 0 saturated heterocycles. The van der Waals surface area contributed by atoms with Gasteiger partial charge < -0.3 is 16.2 Å². The number of halogens is 1. The van der Waals surface area contributed by atoms with Gasteiger partial charge in [-0.3, -0.25) is 14.4 Å². The van der Waals surface area contributed by atoms with E-state index in [1.54, 1.807) is 12.1 Å². The van der Waals surface area contributed by atoms with E-state index in [9.17, 15) is 24.3 Å². The van der Waals surface area contributed by atoms with E-state index in [1.165, 1.54) is 12.1 Å². The molecule has 1 aliphatic rings. The Kier molecular flexibility index (Phi) is 4.80. The van der Waals surface area contributed by atoms with Crippen molar-refractivity contribution in [3.63, 3.8) is 0 Å². The summed E-state index contributed by atoms with van der Waals surface area (Å²) in [5, 5.41) is 11.2.